The van der Waals surface area contributed by atoms with Gasteiger partial charge in [-0.3, -0.25) is 4.79 Å². The fraction of sp³-hybridized carbons (Fsp3) is 0.562. The summed E-state index contributed by atoms with van der Waals surface area (Å²) in [6.07, 6.45) is 3.11. The van der Waals surface area contributed by atoms with Gasteiger partial charge in [-0.05, 0) is 36.3 Å². The summed E-state index contributed by atoms with van der Waals surface area (Å²) in [5.74, 6) is 1.97. The molecule has 1 aliphatic heterocycles. The highest BCUT2D eigenvalue weighted by Gasteiger charge is 2.34. The molecule has 1 fully saturated rings. The highest BCUT2D eigenvalue weighted by atomic mass is 32.2. The van der Waals surface area contributed by atoms with E-state index in [0.29, 0.717) is 24.3 Å². The van der Waals surface area contributed by atoms with E-state index in [0.717, 1.165) is 23.5 Å². The summed E-state index contributed by atoms with van der Waals surface area (Å²) in [6.45, 7) is 0.544. The molecule has 0 aromatic heterocycles. The first-order valence-corrected chi connectivity index (χ1v) is 10.6. The van der Waals surface area contributed by atoms with Gasteiger partial charge in [0.05, 0.1) is 10.5 Å². The average molecular weight is 357 g/mol. The van der Waals surface area contributed by atoms with Crippen LogP contribution in [0.4, 0.5) is 0 Å². The van der Waals surface area contributed by atoms with Crippen LogP contribution in [0, 0.1) is 0 Å². The third-order valence-corrected chi connectivity index (χ3v) is 6.45. The lowest BCUT2D eigenvalue weighted by Crippen LogP contribution is -2.44. The summed E-state index contributed by atoms with van der Waals surface area (Å²) >= 11 is 1.85. The minimum atomic E-state index is -3.17. The first-order chi connectivity index (χ1) is 10.8. The Hall–Kier alpha value is -1.05. The molecule has 23 heavy (non-hydrogen) atoms. The van der Waals surface area contributed by atoms with Gasteiger partial charge in [0.15, 0.2) is 9.84 Å². The van der Waals surface area contributed by atoms with Crippen molar-refractivity contribution in [1.82, 2.24) is 5.32 Å². The van der Waals surface area contributed by atoms with Crippen LogP contribution in [0.5, 0.6) is 0 Å². The van der Waals surface area contributed by atoms with Crippen molar-refractivity contribution in [1.29, 1.82) is 0 Å². The fourth-order valence-electron chi connectivity index (χ4n) is 2.47. The Bertz CT molecular complexity index is 635. The molecule has 0 saturated carbocycles. The number of methoxy groups -OCH3 is 1. The lowest BCUT2D eigenvalue weighted by molar-refractivity contribution is -0.122. The van der Waals surface area contributed by atoms with Crippen molar-refractivity contribution < 1.29 is 17.9 Å². The maximum absolute atomic E-state index is 12.0. The molecule has 1 atom stereocenters. The molecule has 1 aromatic carbocycles. The average Bonchev–Trinajstić information content (AvgIpc) is 3.00. The molecule has 7 heteroatoms. The fourth-order valence-corrected chi connectivity index (χ4v) is 4.50. The monoisotopic (exact) mass is 357 g/mol. The minimum Gasteiger partial charge on any atom is -0.376 e. The number of amides is 1. The normalized spacial score (nSPS) is 21.3. The highest BCUT2D eigenvalue weighted by molar-refractivity contribution is 7.99. The summed E-state index contributed by atoms with van der Waals surface area (Å²) in [4.78, 5) is 12.3. The quantitative estimate of drug-likeness (QED) is 0.803. The van der Waals surface area contributed by atoms with Crippen molar-refractivity contribution in [3.63, 3.8) is 0 Å². The second-order valence-corrected chi connectivity index (χ2v) is 9.00. The minimum absolute atomic E-state index is 0.00878. The van der Waals surface area contributed by atoms with Crippen LogP contribution in [0.25, 0.3) is 0 Å². The van der Waals surface area contributed by atoms with Crippen molar-refractivity contribution in [3.05, 3.63) is 29.8 Å². The Morgan fingerprint density at radius 1 is 1.35 bits per heavy atom. The number of benzene rings is 1. The second kappa shape index (κ2) is 7.68. The summed E-state index contributed by atoms with van der Waals surface area (Å²) in [5, 5.41) is 2.95. The van der Waals surface area contributed by atoms with Gasteiger partial charge in [-0.2, -0.15) is 11.8 Å². The third kappa shape index (κ3) is 5.22. The number of aryl methyl sites for hydroxylation is 1. The number of thioether (sulfide) groups is 1. The molecular formula is C16H23NO4S2. The van der Waals surface area contributed by atoms with Crippen LogP contribution in [0.3, 0.4) is 0 Å². The highest BCUT2D eigenvalue weighted by Crippen LogP contribution is 2.30. The summed E-state index contributed by atoms with van der Waals surface area (Å²) < 4.78 is 28.4. The SMILES string of the molecule is CO[C@@]1(CNC(=O)CCc2ccc(S(C)(=O)=O)cc2)CCSC1. The smallest absolute Gasteiger partial charge is 0.220 e. The molecule has 1 aromatic rings. The number of ether oxygens (including phenoxy) is 1. The molecule has 1 amide bonds. The van der Waals surface area contributed by atoms with Crippen LogP contribution in [0.15, 0.2) is 29.2 Å². The first-order valence-electron chi connectivity index (χ1n) is 7.53. The summed E-state index contributed by atoms with van der Waals surface area (Å²) in [6, 6.07) is 6.68. The van der Waals surface area contributed by atoms with E-state index < -0.39 is 9.84 Å². The molecule has 0 radical (unpaired) electrons. The largest absolute Gasteiger partial charge is 0.376 e. The van der Waals surface area contributed by atoms with Crippen molar-refractivity contribution in [2.24, 2.45) is 0 Å². The van der Waals surface area contributed by atoms with E-state index in [2.05, 4.69) is 5.32 Å². The Morgan fingerprint density at radius 2 is 2.04 bits per heavy atom. The number of carbonyl (C=O) groups is 1. The van der Waals surface area contributed by atoms with E-state index in [1.807, 2.05) is 11.8 Å². The van der Waals surface area contributed by atoms with Crippen molar-refractivity contribution in [2.45, 2.75) is 29.8 Å². The van der Waals surface area contributed by atoms with Gasteiger partial charge >= 0.3 is 0 Å². The van der Waals surface area contributed by atoms with Gasteiger partial charge in [0.25, 0.3) is 0 Å². The van der Waals surface area contributed by atoms with Gasteiger partial charge in [-0.15, -0.1) is 0 Å². The molecule has 0 spiro atoms. The Labute approximate surface area is 142 Å². The van der Waals surface area contributed by atoms with E-state index >= 15 is 0 Å². The maximum Gasteiger partial charge on any atom is 0.220 e. The van der Waals surface area contributed by atoms with E-state index in [-0.39, 0.29) is 11.5 Å². The molecule has 0 aliphatic carbocycles. The summed E-state index contributed by atoms with van der Waals surface area (Å²) in [5.41, 5.74) is 0.725. The van der Waals surface area contributed by atoms with Gasteiger partial charge in [0.2, 0.25) is 5.91 Å². The molecule has 2 rings (SSSR count). The number of hydrogen-bond donors (Lipinski definition) is 1. The predicted molar refractivity (Wildman–Crippen MR) is 92.6 cm³/mol. The standard InChI is InChI=1S/C16H23NO4S2/c1-21-16(9-10-22-12-16)11-17-15(18)8-5-13-3-6-14(7-4-13)23(2,19)20/h3-4,6-7H,5,8-12H2,1-2H3,(H,17,18)/t16-/m1/s1. The lowest BCUT2D eigenvalue weighted by atomic mass is 10.0. The molecule has 128 valence electrons. The molecule has 1 N–H and O–H groups in total. The van der Waals surface area contributed by atoms with Gasteiger partial charge < -0.3 is 10.1 Å². The van der Waals surface area contributed by atoms with Crippen LogP contribution in [-0.4, -0.2) is 51.3 Å². The summed E-state index contributed by atoms with van der Waals surface area (Å²) in [7, 11) is -1.48. The molecule has 1 saturated heterocycles. The van der Waals surface area contributed by atoms with Gasteiger partial charge in [-0.25, -0.2) is 8.42 Å². The van der Waals surface area contributed by atoms with Crippen molar-refractivity contribution in [3.8, 4) is 0 Å². The topological polar surface area (TPSA) is 72.5 Å². The number of carbonyl (C=O) groups excluding carboxylic acids is 1. The Kier molecular flexibility index (Phi) is 6.11. The lowest BCUT2D eigenvalue weighted by Gasteiger charge is -2.26. The van der Waals surface area contributed by atoms with Gasteiger partial charge in [-0.1, -0.05) is 12.1 Å². The molecule has 1 aliphatic rings. The molecule has 0 bridgehead atoms. The number of rotatable bonds is 7. The van der Waals surface area contributed by atoms with E-state index in [9.17, 15) is 13.2 Å². The van der Waals surface area contributed by atoms with Crippen LogP contribution >= 0.6 is 11.8 Å². The molecule has 0 unspecified atom stereocenters. The zero-order valence-electron chi connectivity index (χ0n) is 13.5. The molecule has 1 heterocycles. The van der Waals surface area contributed by atoms with Crippen LogP contribution in [0.2, 0.25) is 0 Å². The zero-order valence-corrected chi connectivity index (χ0v) is 15.1. The van der Waals surface area contributed by atoms with Crippen LogP contribution < -0.4 is 5.32 Å². The number of nitrogens with one attached hydrogen (secondary N) is 1. The van der Waals surface area contributed by atoms with Gasteiger partial charge in [0, 0.05) is 32.1 Å². The Balaban J connectivity index is 1.80. The van der Waals surface area contributed by atoms with E-state index in [1.165, 1.54) is 6.26 Å². The zero-order chi connectivity index (χ0) is 16.9. The predicted octanol–water partition coefficient (Wildman–Crippen LogP) is 1.66. The van der Waals surface area contributed by atoms with Crippen molar-refractivity contribution >= 4 is 27.5 Å². The van der Waals surface area contributed by atoms with Crippen molar-refractivity contribution in [2.75, 3.05) is 31.4 Å². The Morgan fingerprint density at radius 3 is 2.57 bits per heavy atom. The first kappa shape index (κ1) is 18.3. The molecule has 5 nitrogen and oxygen atoms in total. The molecular weight excluding hydrogens is 334 g/mol. The van der Waals surface area contributed by atoms with Crippen LogP contribution in [-0.2, 0) is 25.8 Å². The van der Waals surface area contributed by atoms with E-state index in [1.54, 1.807) is 31.4 Å². The number of hydrogen-bond acceptors (Lipinski definition) is 5. The maximum atomic E-state index is 12.0. The van der Waals surface area contributed by atoms with E-state index in [4.69, 9.17) is 4.74 Å². The third-order valence-electron chi connectivity index (χ3n) is 4.10. The van der Waals surface area contributed by atoms with Crippen LogP contribution in [0.1, 0.15) is 18.4 Å². The number of sulfone groups is 1. The second-order valence-electron chi connectivity index (χ2n) is 5.88. The van der Waals surface area contributed by atoms with Gasteiger partial charge in [0.1, 0.15) is 0 Å².